The molecule has 0 aromatic heterocycles. The van der Waals surface area contributed by atoms with Crippen LogP contribution in [0.5, 0.6) is 0 Å². The third-order valence-corrected chi connectivity index (χ3v) is 6.53. The predicted molar refractivity (Wildman–Crippen MR) is 103 cm³/mol. The van der Waals surface area contributed by atoms with Crippen molar-refractivity contribution in [3.8, 4) is 0 Å². The first-order valence-electron chi connectivity index (χ1n) is 9.43. The highest BCUT2D eigenvalue weighted by Crippen LogP contribution is 2.58. The van der Waals surface area contributed by atoms with Gasteiger partial charge in [-0.05, 0) is 29.8 Å². The Hall–Kier alpha value is -2.86. The Morgan fingerprint density at radius 3 is 2.14 bits per heavy atom. The Balaban J connectivity index is 1.84. The van der Waals surface area contributed by atoms with E-state index in [1.54, 1.807) is 0 Å². The highest BCUT2D eigenvalue weighted by Gasteiger charge is 2.62. The summed E-state index contributed by atoms with van der Waals surface area (Å²) in [6.45, 7) is 0. The molecule has 2 bridgehead atoms. The van der Waals surface area contributed by atoms with E-state index in [1.807, 2.05) is 37.4 Å². The van der Waals surface area contributed by atoms with Crippen LogP contribution < -0.4 is 4.90 Å². The molecule has 1 saturated heterocycles. The van der Waals surface area contributed by atoms with E-state index in [1.165, 1.54) is 25.3 Å². The Labute approximate surface area is 163 Å². The molecule has 0 amide bonds. The Morgan fingerprint density at radius 2 is 1.46 bits per heavy atom. The van der Waals surface area contributed by atoms with E-state index in [-0.39, 0.29) is 18.1 Å². The van der Waals surface area contributed by atoms with Crippen LogP contribution in [0.25, 0.3) is 0 Å². The summed E-state index contributed by atoms with van der Waals surface area (Å²) in [5, 5.41) is 0. The summed E-state index contributed by atoms with van der Waals surface area (Å²) < 4.78 is 10.3. The molecule has 0 saturated carbocycles. The van der Waals surface area contributed by atoms with Crippen molar-refractivity contribution in [3.63, 3.8) is 0 Å². The van der Waals surface area contributed by atoms with Crippen molar-refractivity contribution in [2.24, 2.45) is 5.92 Å². The molecule has 144 valence electrons. The highest BCUT2D eigenvalue weighted by atomic mass is 16.5. The molecule has 1 fully saturated rings. The van der Waals surface area contributed by atoms with Gasteiger partial charge in [-0.1, -0.05) is 42.5 Å². The molecule has 2 aromatic rings. The number of esters is 2. The Morgan fingerprint density at radius 1 is 0.857 bits per heavy atom. The van der Waals surface area contributed by atoms with Crippen LogP contribution in [-0.2, 0) is 19.1 Å². The maximum atomic E-state index is 13.0. The molecule has 2 aromatic carbocycles. The van der Waals surface area contributed by atoms with Crippen LogP contribution in [-0.4, -0.2) is 50.3 Å². The quantitative estimate of drug-likeness (QED) is 0.748. The number of anilines is 1. The minimum Gasteiger partial charge on any atom is -0.469 e. The molecule has 28 heavy (non-hydrogen) atoms. The maximum absolute atomic E-state index is 13.0. The first-order valence-corrected chi connectivity index (χ1v) is 9.43. The zero-order chi connectivity index (χ0) is 19.6. The van der Waals surface area contributed by atoms with Crippen LogP contribution in [0.1, 0.15) is 28.7 Å². The molecule has 5 rings (SSSR count). The molecule has 0 N–H and O–H groups in total. The van der Waals surface area contributed by atoms with Gasteiger partial charge in [-0.2, -0.15) is 0 Å². The van der Waals surface area contributed by atoms with Gasteiger partial charge in [0.05, 0.1) is 26.4 Å². The lowest BCUT2D eigenvalue weighted by Crippen LogP contribution is -2.67. The SMILES string of the molecule is COC(=O)[C@@H]1[C@H]2c3ccccc3[C@H]3c4ccccc4N([C@@H]1C(=O)OC)[C@H]3N2C. The summed E-state index contributed by atoms with van der Waals surface area (Å²) in [5.74, 6) is -1.39. The third kappa shape index (κ3) is 2.01. The molecule has 0 spiro atoms. The lowest BCUT2D eigenvalue weighted by atomic mass is 9.73. The van der Waals surface area contributed by atoms with E-state index in [0.717, 1.165) is 11.3 Å². The summed E-state index contributed by atoms with van der Waals surface area (Å²) in [6, 6.07) is 15.4. The molecular weight excluding hydrogens is 356 g/mol. The van der Waals surface area contributed by atoms with Gasteiger partial charge < -0.3 is 14.4 Å². The molecule has 6 nitrogen and oxygen atoms in total. The lowest BCUT2D eigenvalue weighted by Gasteiger charge is -2.55. The number of likely N-dealkylation sites (N-methyl/N-ethyl adjacent to an activating group) is 1. The number of carbonyl (C=O) groups excluding carboxylic acids is 2. The van der Waals surface area contributed by atoms with Gasteiger partial charge in [0, 0.05) is 11.6 Å². The second kappa shape index (κ2) is 6.07. The first kappa shape index (κ1) is 17.3. The predicted octanol–water partition coefficient (Wildman–Crippen LogP) is 2.30. The summed E-state index contributed by atoms with van der Waals surface area (Å²) in [6.07, 6.45) is -0.0534. The van der Waals surface area contributed by atoms with Crippen LogP contribution in [0.3, 0.4) is 0 Å². The minimum atomic E-state index is -0.733. The average Bonchev–Trinajstić information content (AvgIpc) is 3.09. The van der Waals surface area contributed by atoms with Crippen LogP contribution in [0.2, 0.25) is 0 Å². The van der Waals surface area contributed by atoms with Gasteiger partial charge in [0.1, 0.15) is 12.0 Å². The lowest BCUT2D eigenvalue weighted by molar-refractivity contribution is -0.161. The molecule has 3 aliphatic rings. The molecule has 3 heterocycles. The van der Waals surface area contributed by atoms with Gasteiger partial charge >= 0.3 is 11.9 Å². The third-order valence-electron chi connectivity index (χ3n) is 6.53. The molecule has 0 unspecified atom stereocenters. The fraction of sp³-hybridized carbons (Fsp3) is 0.364. The number of para-hydroxylation sites is 1. The number of carbonyl (C=O) groups is 2. The zero-order valence-corrected chi connectivity index (χ0v) is 16.0. The summed E-state index contributed by atoms with van der Waals surface area (Å²) in [5.41, 5.74) is 4.43. The Bertz CT molecular complexity index is 975. The van der Waals surface area contributed by atoms with Gasteiger partial charge in [0.2, 0.25) is 0 Å². The summed E-state index contributed by atoms with van der Waals surface area (Å²) in [7, 11) is 4.77. The monoisotopic (exact) mass is 378 g/mol. The fourth-order valence-electron chi connectivity index (χ4n) is 5.54. The molecule has 0 radical (unpaired) electrons. The zero-order valence-electron chi connectivity index (χ0n) is 16.0. The molecule has 6 heteroatoms. The van der Waals surface area contributed by atoms with Crippen molar-refractivity contribution in [3.05, 3.63) is 65.2 Å². The van der Waals surface area contributed by atoms with E-state index >= 15 is 0 Å². The standard InChI is InChI=1S/C22H22N2O4/c1-23-18-13-9-5-4-8-12(13)16-14-10-6-7-11-15(14)24(20(16)23)19(22(26)28-3)17(18)21(25)27-2/h4-11,16-20H,1-3H3/t16-,17+,18+,19-,20+/m0/s1. The maximum Gasteiger partial charge on any atom is 0.329 e. The first-order chi connectivity index (χ1) is 13.6. The van der Waals surface area contributed by atoms with Crippen LogP contribution in [0.4, 0.5) is 5.69 Å². The van der Waals surface area contributed by atoms with E-state index < -0.39 is 23.9 Å². The smallest absolute Gasteiger partial charge is 0.329 e. The van der Waals surface area contributed by atoms with Crippen molar-refractivity contribution in [2.75, 3.05) is 26.2 Å². The number of methoxy groups -OCH3 is 2. The number of benzene rings is 2. The second-order valence-electron chi connectivity index (χ2n) is 7.61. The number of nitrogens with zero attached hydrogens (tertiary/aromatic N) is 2. The van der Waals surface area contributed by atoms with Crippen LogP contribution in [0.15, 0.2) is 48.5 Å². The number of fused-ring (bicyclic) bond motifs is 7. The van der Waals surface area contributed by atoms with E-state index in [0.29, 0.717) is 0 Å². The van der Waals surface area contributed by atoms with Gasteiger partial charge in [0.25, 0.3) is 0 Å². The van der Waals surface area contributed by atoms with E-state index in [4.69, 9.17) is 9.47 Å². The average molecular weight is 378 g/mol. The van der Waals surface area contributed by atoms with Crippen molar-refractivity contribution in [1.29, 1.82) is 0 Å². The topological polar surface area (TPSA) is 59.1 Å². The van der Waals surface area contributed by atoms with Gasteiger partial charge in [-0.3, -0.25) is 9.69 Å². The number of hydrogen-bond acceptors (Lipinski definition) is 6. The molecule has 5 atom stereocenters. The van der Waals surface area contributed by atoms with Crippen LogP contribution >= 0.6 is 0 Å². The van der Waals surface area contributed by atoms with Gasteiger partial charge in [-0.15, -0.1) is 0 Å². The molecule has 3 aliphatic heterocycles. The second-order valence-corrected chi connectivity index (χ2v) is 7.61. The highest BCUT2D eigenvalue weighted by molar-refractivity contribution is 5.91. The number of ether oxygens (including phenoxy) is 2. The van der Waals surface area contributed by atoms with E-state index in [2.05, 4.69) is 28.0 Å². The fourth-order valence-corrected chi connectivity index (χ4v) is 5.54. The van der Waals surface area contributed by atoms with Crippen molar-refractivity contribution in [2.45, 2.75) is 24.2 Å². The number of rotatable bonds is 2. The van der Waals surface area contributed by atoms with Gasteiger partial charge in [-0.25, -0.2) is 4.79 Å². The van der Waals surface area contributed by atoms with Crippen LogP contribution in [0, 0.1) is 5.92 Å². The summed E-state index contributed by atoms with van der Waals surface area (Å²) >= 11 is 0. The minimum absolute atomic E-state index is 0.0534. The van der Waals surface area contributed by atoms with Crippen molar-refractivity contribution < 1.29 is 19.1 Å². The van der Waals surface area contributed by atoms with Crippen molar-refractivity contribution in [1.82, 2.24) is 4.90 Å². The van der Waals surface area contributed by atoms with Crippen molar-refractivity contribution >= 4 is 17.6 Å². The van der Waals surface area contributed by atoms with Gasteiger partial charge in [0.15, 0.2) is 0 Å². The normalized spacial score (nSPS) is 29.7. The largest absolute Gasteiger partial charge is 0.469 e. The summed E-state index contributed by atoms with van der Waals surface area (Å²) in [4.78, 5) is 30.2. The number of hydrogen-bond donors (Lipinski definition) is 0. The Kier molecular flexibility index (Phi) is 3.74. The molecule has 0 aliphatic carbocycles. The van der Waals surface area contributed by atoms with E-state index in [9.17, 15) is 9.59 Å². The molecular formula is C22H22N2O4.